The van der Waals surface area contributed by atoms with Gasteiger partial charge in [-0.1, -0.05) is 25.1 Å². The summed E-state index contributed by atoms with van der Waals surface area (Å²) in [7, 11) is 3.67. The standard InChI is InChI=1S/C20H24N4O3.C4H9N/c1-3-9-24-20(26)19(23)18(22)14-6-4-5-13(17(14)21)15-10-12(11-25)7-8-16(15)27-2;1-5-3-2-4-5/h4-8,10-11H,3,9,21-23H2,1-2H3,(H,24,26);2-4H2,1H3/b19-18+;. The van der Waals surface area contributed by atoms with Crippen LogP contribution in [0.5, 0.6) is 5.75 Å². The molecule has 1 fully saturated rings. The molecule has 1 heterocycles. The Hall–Kier alpha value is -3.52. The molecule has 0 atom stereocenters. The fourth-order valence-electron chi connectivity index (χ4n) is 3.12. The molecule has 0 saturated carbocycles. The van der Waals surface area contributed by atoms with E-state index < -0.39 is 5.91 Å². The summed E-state index contributed by atoms with van der Waals surface area (Å²) in [4.78, 5) is 25.5. The molecule has 0 bridgehead atoms. The molecule has 2 aromatic carbocycles. The minimum absolute atomic E-state index is 0.0912. The summed E-state index contributed by atoms with van der Waals surface area (Å²) in [6, 6.07) is 10.2. The highest BCUT2D eigenvalue weighted by atomic mass is 16.5. The molecule has 0 unspecified atom stereocenters. The number of nitrogen functional groups attached to an aromatic ring is 1. The van der Waals surface area contributed by atoms with Crippen LogP contribution in [-0.2, 0) is 4.79 Å². The third-order valence-electron chi connectivity index (χ3n) is 5.20. The topological polar surface area (TPSA) is 137 Å². The summed E-state index contributed by atoms with van der Waals surface area (Å²) < 4.78 is 5.38. The van der Waals surface area contributed by atoms with E-state index in [1.54, 1.807) is 36.4 Å². The van der Waals surface area contributed by atoms with Gasteiger partial charge in [0, 0.05) is 34.5 Å². The van der Waals surface area contributed by atoms with Gasteiger partial charge in [-0.2, -0.15) is 0 Å². The predicted molar refractivity (Wildman–Crippen MR) is 129 cm³/mol. The number of hydrogen-bond acceptors (Lipinski definition) is 7. The first-order valence-electron chi connectivity index (χ1n) is 10.6. The summed E-state index contributed by atoms with van der Waals surface area (Å²) >= 11 is 0. The van der Waals surface area contributed by atoms with E-state index in [0.717, 1.165) is 12.7 Å². The number of likely N-dealkylation sites (tertiary alicyclic amines) is 1. The van der Waals surface area contributed by atoms with Crippen LogP contribution < -0.4 is 27.3 Å². The number of ether oxygens (including phenoxy) is 1. The van der Waals surface area contributed by atoms with E-state index in [0.29, 0.717) is 40.2 Å². The molecule has 0 aromatic heterocycles. The lowest BCUT2D eigenvalue weighted by Crippen LogP contribution is -2.32. The minimum Gasteiger partial charge on any atom is -0.496 e. The average molecular weight is 440 g/mol. The lowest BCUT2D eigenvalue weighted by molar-refractivity contribution is -0.117. The number of aldehydes is 1. The van der Waals surface area contributed by atoms with Gasteiger partial charge in [0.2, 0.25) is 0 Å². The van der Waals surface area contributed by atoms with Crippen molar-refractivity contribution < 1.29 is 14.3 Å². The van der Waals surface area contributed by atoms with Crippen molar-refractivity contribution in [1.29, 1.82) is 0 Å². The minimum atomic E-state index is -0.445. The normalized spacial score (nSPS) is 13.7. The van der Waals surface area contributed by atoms with Crippen LogP contribution in [0.2, 0.25) is 0 Å². The molecule has 0 spiro atoms. The first-order chi connectivity index (χ1) is 15.3. The Labute approximate surface area is 189 Å². The molecule has 8 heteroatoms. The molecule has 0 aliphatic carbocycles. The zero-order valence-corrected chi connectivity index (χ0v) is 19.0. The van der Waals surface area contributed by atoms with E-state index in [1.165, 1.54) is 26.6 Å². The van der Waals surface area contributed by atoms with Crippen LogP contribution in [0, 0.1) is 0 Å². The van der Waals surface area contributed by atoms with Crippen molar-refractivity contribution in [3.63, 3.8) is 0 Å². The van der Waals surface area contributed by atoms with Crippen LogP contribution in [0.3, 0.4) is 0 Å². The first-order valence-corrected chi connectivity index (χ1v) is 10.6. The molecule has 3 rings (SSSR count). The SMILES string of the molecule is CCCNC(=O)/C(N)=C(\N)c1cccc(-c2cc(C=O)ccc2OC)c1N.CN1CCC1. The number of para-hydroxylation sites is 1. The van der Waals surface area contributed by atoms with Crippen LogP contribution in [0.15, 0.2) is 42.1 Å². The molecule has 1 saturated heterocycles. The molecule has 32 heavy (non-hydrogen) atoms. The Morgan fingerprint density at radius 2 is 1.88 bits per heavy atom. The lowest BCUT2D eigenvalue weighted by Gasteiger charge is -2.24. The number of hydrogen-bond donors (Lipinski definition) is 4. The molecule has 8 nitrogen and oxygen atoms in total. The molecular weight excluding hydrogens is 406 g/mol. The van der Waals surface area contributed by atoms with Gasteiger partial charge in [0.15, 0.2) is 0 Å². The van der Waals surface area contributed by atoms with Gasteiger partial charge in [-0.25, -0.2) is 0 Å². The fourth-order valence-corrected chi connectivity index (χ4v) is 3.12. The Balaban J connectivity index is 0.000000636. The number of nitrogens with zero attached hydrogens (tertiary/aromatic N) is 1. The molecule has 7 N–H and O–H groups in total. The van der Waals surface area contributed by atoms with Gasteiger partial charge in [-0.3, -0.25) is 9.59 Å². The summed E-state index contributed by atoms with van der Waals surface area (Å²) in [6.07, 6.45) is 2.94. The quantitative estimate of drug-likeness (QED) is 0.295. The van der Waals surface area contributed by atoms with Gasteiger partial charge in [0.05, 0.1) is 12.8 Å². The Kier molecular flexibility index (Phi) is 9.09. The van der Waals surface area contributed by atoms with Crippen LogP contribution in [0.25, 0.3) is 16.8 Å². The average Bonchev–Trinajstić information content (AvgIpc) is 2.80. The third-order valence-corrected chi connectivity index (χ3v) is 5.20. The van der Waals surface area contributed by atoms with E-state index in [4.69, 9.17) is 21.9 Å². The Bertz CT molecular complexity index is 984. The van der Waals surface area contributed by atoms with Crippen LogP contribution in [0.4, 0.5) is 5.69 Å². The predicted octanol–water partition coefficient (Wildman–Crippen LogP) is 2.19. The van der Waals surface area contributed by atoms with Crippen LogP contribution in [-0.4, -0.2) is 50.9 Å². The number of anilines is 1. The molecular formula is C24H33N5O3. The smallest absolute Gasteiger partial charge is 0.269 e. The second-order valence-electron chi connectivity index (χ2n) is 7.58. The van der Waals surface area contributed by atoms with E-state index in [-0.39, 0.29) is 11.4 Å². The van der Waals surface area contributed by atoms with Crippen molar-refractivity contribution in [2.24, 2.45) is 11.5 Å². The van der Waals surface area contributed by atoms with Crippen molar-refractivity contribution >= 4 is 23.6 Å². The summed E-state index contributed by atoms with van der Waals surface area (Å²) in [5.74, 6) is 0.111. The molecule has 1 amide bonds. The maximum atomic E-state index is 12.1. The molecule has 0 radical (unpaired) electrons. The molecule has 172 valence electrons. The first kappa shape index (κ1) is 24.7. The Morgan fingerprint density at radius 1 is 1.19 bits per heavy atom. The second kappa shape index (κ2) is 11.8. The van der Waals surface area contributed by atoms with Crippen LogP contribution >= 0.6 is 0 Å². The number of benzene rings is 2. The number of nitrogens with two attached hydrogens (primary N) is 3. The number of carbonyl (C=O) groups excluding carboxylic acids is 2. The number of rotatable bonds is 7. The second-order valence-corrected chi connectivity index (χ2v) is 7.58. The van der Waals surface area contributed by atoms with Crippen LogP contribution in [0.1, 0.15) is 35.7 Å². The number of carbonyl (C=O) groups is 2. The highest BCUT2D eigenvalue weighted by Gasteiger charge is 2.17. The maximum Gasteiger partial charge on any atom is 0.269 e. The van der Waals surface area contributed by atoms with E-state index in [2.05, 4.69) is 17.3 Å². The highest BCUT2D eigenvalue weighted by molar-refractivity contribution is 6.02. The number of amides is 1. The highest BCUT2D eigenvalue weighted by Crippen LogP contribution is 2.37. The van der Waals surface area contributed by atoms with Crippen molar-refractivity contribution in [1.82, 2.24) is 10.2 Å². The molecule has 1 aliphatic heterocycles. The monoisotopic (exact) mass is 439 g/mol. The van der Waals surface area contributed by atoms with Crippen molar-refractivity contribution in [3.05, 3.63) is 53.2 Å². The summed E-state index contributed by atoms with van der Waals surface area (Å²) in [5.41, 5.74) is 20.9. The van der Waals surface area contributed by atoms with E-state index in [1.807, 2.05) is 6.92 Å². The fraction of sp³-hybridized carbons (Fsp3) is 0.333. The van der Waals surface area contributed by atoms with Gasteiger partial charge in [0.25, 0.3) is 5.91 Å². The maximum absolute atomic E-state index is 12.1. The largest absolute Gasteiger partial charge is 0.496 e. The third kappa shape index (κ3) is 6.01. The van der Waals surface area contributed by atoms with Crippen molar-refractivity contribution in [2.45, 2.75) is 19.8 Å². The van der Waals surface area contributed by atoms with Gasteiger partial charge >= 0.3 is 0 Å². The van der Waals surface area contributed by atoms with Crippen molar-refractivity contribution in [2.75, 3.05) is 39.5 Å². The lowest BCUT2D eigenvalue weighted by atomic mass is 9.96. The zero-order valence-electron chi connectivity index (χ0n) is 19.0. The zero-order chi connectivity index (χ0) is 23.7. The van der Waals surface area contributed by atoms with E-state index >= 15 is 0 Å². The van der Waals surface area contributed by atoms with Gasteiger partial charge < -0.3 is 32.2 Å². The summed E-state index contributed by atoms with van der Waals surface area (Å²) in [6.45, 7) is 5.07. The number of methoxy groups -OCH3 is 1. The van der Waals surface area contributed by atoms with E-state index in [9.17, 15) is 9.59 Å². The molecule has 2 aromatic rings. The van der Waals surface area contributed by atoms with Gasteiger partial charge in [-0.05, 0) is 51.2 Å². The Morgan fingerprint density at radius 3 is 2.41 bits per heavy atom. The number of nitrogens with one attached hydrogen (secondary N) is 1. The molecule has 1 aliphatic rings. The van der Waals surface area contributed by atoms with Gasteiger partial charge in [0.1, 0.15) is 17.7 Å². The van der Waals surface area contributed by atoms with Crippen molar-refractivity contribution in [3.8, 4) is 16.9 Å². The van der Waals surface area contributed by atoms with Gasteiger partial charge in [-0.15, -0.1) is 0 Å². The summed E-state index contributed by atoms with van der Waals surface area (Å²) in [5, 5.41) is 2.68.